The third-order valence-electron chi connectivity index (χ3n) is 1.05. The molecule has 0 saturated heterocycles. The lowest BCUT2D eigenvalue weighted by atomic mass is 10.4. The fourth-order valence-corrected chi connectivity index (χ4v) is 1.37. The molecule has 1 rings (SSSR count). The van der Waals surface area contributed by atoms with E-state index in [1.807, 2.05) is 17.8 Å². The largest absolute Gasteiger partial charge is 0.126 e. The van der Waals surface area contributed by atoms with Gasteiger partial charge >= 0.3 is 0 Å². The molecule has 1 heteroatoms. The van der Waals surface area contributed by atoms with Crippen LogP contribution in [0.2, 0.25) is 0 Å². The predicted molar refractivity (Wildman–Crippen MR) is 45.0 cm³/mol. The van der Waals surface area contributed by atoms with Crippen LogP contribution in [0.3, 0.4) is 0 Å². The summed E-state index contributed by atoms with van der Waals surface area (Å²) in [7, 11) is 0. The second-order valence-electron chi connectivity index (χ2n) is 1.75. The molecule has 9 heavy (non-hydrogen) atoms. The summed E-state index contributed by atoms with van der Waals surface area (Å²) in [6, 6.07) is 10.4. The Kier molecular flexibility index (Phi) is 2.65. The molecule has 0 bridgehead atoms. The van der Waals surface area contributed by atoms with Crippen LogP contribution in [0.4, 0.5) is 0 Å². The Balaban J connectivity index is 0.000000810. The molecule has 1 aromatic carbocycles. The van der Waals surface area contributed by atoms with Crippen LogP contribution in [0.1, 0.15) is 8.35 Å². The van der Waals surface area contributed by atoms with Crippen molar-refractivity contribution in [1.29, 1.82) is 0 Å². The van der Waals surface area contributed by atoms with Crippen LogP contribution in [-0.4, -0.2) is 5.75 Å². The zero-order chi connectivity index (χ0) is 6.53. The summed E-state index contributed by atoms with van der Waals surface area (Å²) in [5.41, 5.74) is 0. The molecule has 0 N–H and O–H groups in total. The molecule has 0 atom stereocenters. The fraction of sp³-hybridized carbons (Fsp3) is 0.250. The van der Waals surface area contributed by atoms with E-state index >= 15 is 0 Å². The molecule has 1 aromatic rings. The summed E-state index contributed by atoms with van der Waals surface area (Å²) in [5.74, 6) is 1.16. The monoisotopic (exact) mass is 140 g/mol. The summed E-state index contributed by atoms with van der Waals surface area (Å²) >= 11 is 1.88. The quantitative estimate of drug-likeness (QED) is 0.569. The Morgan fingerprint density at radius 2 is 2.00 bits per heavy atom. The van der Waals surface area contributed by atoms with Gasteiger partial charge in [0.25, 0.3) is 0 Å². The molecular formula is C8H12S. The van der Waals surface area contributed by atoms with Gasteiger partial charge in [-0.05, 0) is 17.9 Å². The lowest BCUT2D eigenvalue weighted by Crippen LogP contribution is -1.68. The van der Waals surface area contributed by atoms with Crippen molar-refractivity contribution in [2.24, 2.45) is 0 Å². The van der Waals surface area contributed by atoms with Crippen LogP contribution < -0.4 is 0 Å². The first-order chi connectivity index (χ1) is 4.43. The van der Waals surface area contributed by atoms with Crippen molar-refractivity contribution in [3.05, 3.63) is 30.3 Å². The van der Waals surface area contributed by atoms with Crippen LogP contribution >= 0.6 is 11.8 Å². The van der Waals surface area contributed by atoms with Gasteiger partial charge in [-0.1, -0.05) is 25.1 Å². The van der Waals surface area contributed by atoms with E-state index in [1.165, 1.54) is 4.90 Å². The molecule has 0 fully saturated rings. The van der Waals surface area contributed by atoms with E-state index in [2.05, 4.69) is 31.2 Å². The van der Waals surface area contributed by atoms with Crippen molar-refractivity contribution >= 4 is 11.8 Å². The van der Waals surface area contributed by atoms with E-state index in [4.69, 9.17) is 0 Å². The Bertz CT molecular complexity index is 162. The topological polar surface area (TPSA) is 0 Å². The molecule has 50 valence electrons. The number of thioether (sulfide) groups is 1. The third-order valence-corrected chi connectivity index (χ3v) is 1.95. The minimum atomic E-state index is 0. The van der Waals surface area contributed by atoms with Gasteiger partial charge in [-0.2, -0.15) is 0 Å². The standard InChI is InChI=1S/C8H10S.H2/c1-2-9-8-6-4-3-5-7-8;/h3-7H,2H2,1H3;1H. The maximum Gasteiger partial charge on any atom is 0.00718 e. The van der Waals surface area contributed by atoms with Gasteiger partial charge in [0.15, 0.2) is 0 Å². The van der Waals surface area contributed by atoms with E-state index in [1.54, 1.807) is 0 Å². The van der Waals surface area contributed by atoms with Gasteiger partial charge in [0.1, 0.15) is 0 Å². The zero-order valence-electron chi connectivity index (χ0n) is 5.50. The molecule has 0 nitrogen and oxygen atoms in total. The molecule has 0 saturated carbocycles. The summed E-state index contributed by atoms with van der Waals surface area (Å²) < 4.78 is 0. The number of rotatable bonds is 2. The first-order valence-corrected chi connectivity index (χ1v) is 4.10. The van der Waals surface area contributed by atoms with Crippen LogP contribution in [-0.2, 0) is 0 Å². The summed E-state index contributed by atoms with van der Waals surface area (Å²) in [5, 5.41) is 0. The average Bonchev–Trinajstić information content (AvgIpc) is 1.91. The molecule has 0 amide bonds. The smallest absolute Gasteiger partial charge is 0.00718 e. The molecule has 0 unspecified atom stereocenters. The lowest BCUT2D eigenvalue weighted by Gasteiger charge is -1.93. The Morgan fingerprint density at radius 1 is 1.33 bits per heavy atom. The third kappa shape index (κ3) is 2.10. The second-order valence-corrected chi connectivity index (χ2v) is 3.08. The highest BCUT2D eigenvalue weighted by molar-refractivity contribution is 7.99. The Labute approximate surface area is 61.8 Å². The first-order valence-electron chi connectivity index (χ1n) is 3.11. The second kappa shape index (κ2) is 3.57. The maximum absolute atomic E-state index is 2.16. The SMILES string of the molecule is CCSc1ccccc1.[HH]. The maximum atomic E-state index is 2.16. The highest BCUT2D eigenvalue weighted by Crippen LogP contribution is 2.15. The molecule has 0 aromatic heterocycles. The Morgan fingerprint density at radius 3 is 2.56 bits per heavy atom. The highest BCUT2D eigenvalue weighted by Gasteiger charge is 1.84. The van der Waals surface area contributed by atoms with Gasteiger partial charge < -0.3 is 0 Å². The van der Waals surface area contributed by atoms with Crippen molar-refractivity contribution in [3.8, 4) is 0 Å². The molecule has 0 aliphatic heterocycles. The fourth-order valence-electron chi connectivity index (χ4n) is 0.683. The van der Waals surface area contributed by atoms with E-state index in [0.717, 1.165) is 5.75 Å². The van der Waals surface area contributed by atoms with Crippen molar-refractivity contribution in [3.63, 3.8) is 0 Å². The minimum absolute atomic E-state index is 0. The van der Waals surface area contributed by atoms with E-state index in [0.29, 0.717) is 0 Å². The van der Waals surface area contributed by atoms with Gasteiger partial charge in [-0.3, -0.25) is 0 Å². The van der Waals surface area contributed by atoms with Gasteiger partial charge in [0.2, 0.25) is 0 Å². The number of hydrogen-bond acceptors (Lipinski definition) is 1. The van der Waals surface area contributed by atoms with Crippen molar-refractivity contribution < 1.29 is 1.43 Å². The number of benzene rings is 1. The molecule has 0 aliphatic rings. The average molecular weight is 140 g/mol. The lowest BCUT2D eigenvalue weighted by molar-refractivity contribution is 1.43. The Hall–Kier alpha value is -0.430. The minimum Gasteiger partial charge on any atom is -0.126 e. The van der Waals surface area contributed by atoms with Crippen molar-refractivity contribution in [1.82, 2.24) is 0 Å². The molecule has 0 radical (unpaired) electrons. The van der Waals surface area contributed by atoms with Crippen molar-refractivity contribution in [2.45, 2.75) is 11.8 Å². The van der Waals surface area contributed by atoms with Gasteiger partial charge in [-0.15, -0.1) is 11.8 Å². The van der Waals surface area contributed by atoms with E-state index in [-0.39, 0.29) is 1.43 Å². The predicted octanol–water partition coefficient (Wildman–Crippen LogP) is 3.04. The molecule has 0 aliphatic carbocycles. The highest BCUT2D eigenvalue weighted by atomic mass is 32.2. The normalized spacial score (nSPS) is 9.44. The summed E-state index contributed by atoms with van der Waals surface area (Å²) in [6.07, 6.45) is 0. The van der Waals surface area contributed by atoms with Crippen molar-refractivity contribution in [2.75, 3.05) is 5.75 Å². The van der Waals surface area contributed by atoms with Gasteiger partial charge in [-0.25, -0.2) is 0 Å². The van der Waals surface area contributed by atoms with E-state index < -0.39 is 0 Å². The van der Waals surface area contributed by atoms with Crippen LogP contribution in [0.15, 0.2) is 35.2 Å². The summed E-state index contributed by atoms with van der Waals surface area (Å²) in [4.78, 5) is 1.36. The number of hydrogen-bond donors (Lipinski definition) is 0. The molecule has 0 spiro atoms. The zero-order valence-corrected chi connectivity index (χ0v) is 6.32. The van der Waals surface area contributed by atoms with E-state index in [9.17, 15) is 0 Å². The van der Waals surface area contributed by atoms with Crippen LogP contribution in [0, 0.1) is 0 Å². The van der Waals surface area contributed by atoms with Gasteiger partial charge in [0, 0.05) is 6.32 Å². The van der Waals surface area contributed by atoms with Gasteiger partial charge in [0.05, 0.1) is 0 Å². The molecule has 0 heterocycles. The van der Waals surface area contributed by atoms with Crippen LogP contribution in [0.25, 0.3) is 0 Å². The summed E-state index contributed by atoms with van der Waals surface area (Å²) in [6.45, 7) is 2.16. The van der Waals surface area contributed by atoms with Crippen LogP contribution in [0.5, 0.6) is 0 Å². The molecular weight excluding hydrogens is 128 g/mol. The first kappa shape index (κ1) is 6.69.